The Bertz CT molecular complexity index is 344. The van der Waals surface area contributed by atoms with Crippen molar-refractivity contribution in [2.24, 2.45) is 0 Å². The maximum Gasteiger partial charge on any atom is 0.396 e. The van der Waals surface area contributed by atoms with Gasteiger partial charge in [0.05, 0.1) is 7.11 Å². The molecular formula is C9H12N2O4. The predicted molar refractivity (Wildman–Crippen MR) is 48.2 cm³/mol. The van der Waals surface area contributed by atoms with Crippen LogP contribution in [0.3, 0.4) is 0 Å². The highest BCUT2D eigenvalue weighted by molar-refractivity contribution is 5.83. The zero-order valence-electron chi connectivity index (χ0n) is 8.43. The van der Waals surface area contributed by atoms with Gasteiger partial charge in [-0.2, -0.15) is 0 Å². The number of rotatable bonds is 2. The highest BCUT2D eigenvalue weighted by Crippen LogP contribution is 2.26. The molecule has 0 bridgehead atoms. The lowest BCUT2D eigenvalue weighted by atomic mass is 10.1. The Balaban J connectivity index is 2.08. The third-order valence-electron chi connectivity index (χ3n) is 2.26. The molecule has 2 rings (SSSR count). The summed E-state index contributed by atoms with van der Waals surface area (Å²) >= 11 is 0. The Hall–Kier alpha value is -1.43. The van der Waals surface area contributed by atoms with E-state index in [0.717, 1.165) is 19.3 Å². The first-order chi connectivity index (χ1) is 7.31. The van der Waals surface area contributed by atoms with Crippen molar-refractivity contribution < 1.29 is 18.7 Å². The number of esters is 1. The fourth-order valence-corrected chi connectivity index (χ4v) is 1.47. The number of aromatic nitrogens is 2. The molecule has 1 aliphatic rings. The molecule has 1 aromatic heterocycles. The molecule has 6 heteroatoms. The SMILES string of the molecule is COC(=O)c1nnc(C2CCCCO2)o1. The van der Waals surface area contributed by atoms with Crippen molar-refractivity contribution in [3.8, 4) is 0 Å². The minimum absolute atomic E-state index is 0.123. The molecule has 0 N–H and O–H groups in total. The van der Waals surface area contributed by atoms with Crippen molar-refractivity contribution in [3.63, 3.8) is 0 Å². The molecule has 0 aliphatic carbocycles. The van der Waals surface area contributed by atoms with E-state index >= 15 is 0 Å². The fraction of sp³-hybridized carbons (Fsp3) is 0.667. The molecule has 15 heavy (non-hydrogen) atoms. The standard InChI is InChI=1S/C9H12N2O4/c1-13-9(12)8-11-10-7(15-8)6-4-2-3-5-14-6/h6H,2-5H2,1H3. The Labute approximate surface area is 86.6 Å². The minimum atomic E-state index is -0.621. The van der Waals surface area contributed by atoms with Gasteiger partial charge >= 0.3 is 11.9 Å². The highest BCUT2D eigenvalue weighted by Gasteiger charge is 2.24. The van der Waals surface area contributed by atoms with Crippen LogP contribution in [0, 0.1) is 0 Å². The maximum atomic E-state index is 11.1. The summed E-state index contributed by atoms with van der Waals surface area (Å²) in [7, 11) is 1.27. The van der Waals surface area contributed by atoms with Crippen LogP contribution in [0.5, 0.6) is 0 Å². The zero-order chi connectivity index (χ0) is 10.7. The summed E-state index contributed by atoms with van der Waals surface area (Å²) in [6.45, 7) is 0.695. The summed E-state index contributed by atoms with van der Waals surface area (Å²) in [5.41, 5.74) is 0. The van der Waals surface area contributed by atoms with Gasteiger partial charge in [-0.3, -0.25) is 0 Å². The van der Waals surface area contributed by atoms with E-state index in [9.17, 15) is 4.79 Å². The fourth-order valence-electron chi connectivity index (χ4n) is 1.47. The molecular weight excluding hydrogens is 200 g/mol. The maximum absolute atomic E-state index is 11.1. The topological polar surface area (TPSA) is 74.5 Å². The van der Waals surface area contributed by atoms with Crippen molar-refractivity contribution in [2.45, 2.75) is 25.4 Å². The zero-order valence-corrected chi connectivity index (χ0v) is 8.43. The number of hydrogen-bond acceptors (Lipinski definition) is 6. The molecule has 1 aromatic rings. The highest BCUT2D eigenvalue weighted by atomic mass is 16.5. The monoisotopic (exact) mass is 212 g/mol. The summed E-state index contributed by atoms with van der Waals surface area (Å²) in [6.07, 6.45) is 2.79. The molecule has 1 atom stereocenters. The molecule has 1 fully saturated rings. The predicted octanol–water partition coefficient (Wildman–Crippen LogP) is 1.10. The largest absolute Gasteiger partial charge is 0.462 e. The summed E-state index contributed by atoms with van der Waals surface area (Å²) in [4.78, 5) is 11.1. The second kappa shape index (κ2) is 4.39. The third-order valence-corrected chi connectivity index (χ3v) is 2.26. The van der Waals surface area contributed by atoms with Gasteiger partial charge in [-0.25, -0.2) is 4.79 Å². The van der Waals surface area contributed by atoms with Crippen molar-refractivity contribution in [1.82, 2.24) is 10.2 Å². The average molecular weight is 212 g/mol. The first-order valence-corrected chi connectivity index (χ1v) is 4.84. The van der Waals surface area contributed by atoms with Crippen molar-refractivity contribution in [3.05, 3.63) is 11.8 Å². The summed E-state index contributed by atoms with van der Waals surface area (Å²) in [6, 6.07) is 0. The lowest BCUT2D eigenvalue weighted by molar-refractivity contribution is -0.00250. The summed E-state index contributed by atoms with van der Waals surface area (Å²) in [5.74, 6) is -0.388. The molecule has 2 heterocycles. The Kier molecular flexibility index (Phi) is 2.96. The van der Waals surface area contributed by atoms with Crippen LogP contribution in [0.2, 0.25) is 0 Å². The first-order valence-electron chi connectivity index (χ1n) is 4.84. The van der Waals surface area contributed by atoms with Gasteiger partial charge in [-0.15, -0.1) is 10.2 Å². The van der Waals surface area contributed by atoms with Crippen LogP contribution < -0.4 is 0 Å². The van der Waals surface area contributed by atoms with Gasteiger partial charge < -0.3 is 13.9 Å². The van der Waals surface area contributed by atoms with E-state index in [1.165, 1.54) is 7.11 Å². The molecule has 1 aliphatic heterocycles. The van der Waals surface area contributed by atoms with Gasteiger partial charge in [0.15, 0.2) is 0 Å². The van der Waals surface area contributed by atoms with Gasteiger partial charge in [0.1, 0.15) is 6.10 Å². The normalized spacial score (nSPS) is 21.3. The van der Waals surface area contributed by atoms with Crippen LogP contribution in [0.25, 0.3) is 0 Å². The van der Waals surface area contributed by atoms with Crippen LogP contribution in [-0.4, -0.2) is 29.9 Å². The van der Waals surface area contributed by atoms with E-state index in [2.05, 4.69) is 14.9 Å². The van der Waals surface area contributed by atoms with Gasteiger partial charge in [-0.05, 0) is 19.3 Å². The minimum Gasteiger partial charge on any atom is -0.462 e. The third kappa shape index (κ3) is 2.15. The quantitative estimate of drug-likeness (QED) is 0.683. The van der Waals surface area contributed by atoms with E-state index in [1.807, 2.05) is 0 Å². The van der Waals surface area contributed by atoms with Crippen LogP contribution >= 0.6 is 0 Å². The molecule has 1 saturated heterocycles. The van der Waals surface area contributed by atoms with Crippen molar-refractivity contribution >= 4 is 5.97 Å². The molecule has 0 radical (unpaired) electrons. The molecule has 82 valence electrons. The first kappa shape index (κ1) is 10.1. The number of hydrogen-bond donors (Lipinski definition) is 0. The van der Waals surface area contributed by atoms with Crippen LogP contribution in [0.1, 0.15) is 41.9 Å². The van der Waals surface area contributed by atoms with E-state index < -0.39 is 5.97 Å². The molecule has 0 saturated carbocycles. The second-order valence-corrected chi connectivity index (χ2v) is 3.29. The van der Waals surface area contributed by atoms with Crippen LogP contribution in [0.15, 0.2) is 4.42 Å². The van der Waals surface area contributed by atoms with Crippen molar-refractivity contribution in [1.29, 1.82) is 0 Å². The van der Waals surface area contributed by atoms with Gasteiger partial charge in [0.25, 0.3) is 0 Å². The molecule has 0 amide bonds. The number of ether oxygens (including phenoxy) is 2. The van der Waals surface area contributed by atoms with E-state index in [1.54, 1.807) is 0 Å². The molecule has 0 spiro atoms. The number of nitrogens with zero attached hydrogens (tertiary/aromatic N) is 2. The van der Waals surface area contributed by atoms with E-state index in [-0.39, 0.29) is 12.0 Å². The van der Waals surface area contributed by atoms with Crippen LogP contribution in [0.4, 0.5) is 0 Å². The van der Waals surface area contributed by atoms with E-state index in [0.29, 0.717) is 12.5 Å². The Morgan fingerprint density at radius 1 is 1.47 bits per heavy atom. The van der Waals surface area contributed by atoms with Gasteiger partial charge in [0, 0.05) is 6.61 Å². The Morgan fingerprint density at radius 2 is 2.33 bits per heavy atom. The smallest absolute Gasteiger partial charge is 0.396 e. The van der Waals surface area contributed by atoms with Crippen LogP contribution in [-0.2, 0) is 9.47 Å². The van der Waals surface area contributed by atoms with Crippen molar-refractivity contribution in [2.75, 3.05) is 13.7 Å². The molecule has 0 aromatic carbocycles. The van der Waals surface area contributed by atoms with Gasteiger partial charge in [0.2, 0.25) is 5.89 Å². The average Bonchev–Trinajstić information content (AvgIpc) is 2.78. The van der Waals surface area contributed by atoms with E-state index in [4.69, 9.17) is 9.15 Å². The Morgan fingerprint density at radius 3 is 3.00 bits per heavy atom. The number of methoxy groups -OCH3 is 1. The lowest BCUT2D eigenvalue weighted by Crippen LogP contribution is -2.11. The number of carbonyl (C=O) groups excluding carboxylic acids is 1. The lowest BCUT2D eigenvalue weighted by Gasteiger charge is -2.18. The second-order valence-electron chi connectivity index (χ2n) is 3.29. The molecule has 1 unspecified atom stereocenters. The number of carbonyl (C=O) groups is 1. The summed E-state index contributed by atoms with van der Waals surface area (Å²) < 4.78 is 15.1. The van der Waals surface area contributed by atoms with Gasteiger partial charge in [-0.1, -0.05) is 0 Å². The molecule has 6 nitrogen and oxygen atoms in total. The summed E-state index contributed by atoms with van der Waals surface area (Å²) in [5, 5.41) is 7.36.